The first-order valence-corrected chi connectivity index (χ1v) is 6.90. The van der Waals surface area contributed by atoms with Crippen molar-refractivity contribution in [2.45, 2.75) is 13.0 Å². The van der Waals surface area contributed by atoms with Gasteiger partial charge in [-0.3, -0.25) is 20.2 Å². The zero-order valence-electron chi connectivity index (χ0n) is 12.9. The van der Waals surface area contributed by atoms with Gasteiger partial charge >= 0.3 is 5.97 Å². The van der Waals surface area contributed by atoms with Crippen molar-refractivity contribution in [2.75, 3.05) is 6.54 Å². The first-order chi connectivity index (χ1) is 11.8. The fourth-order valence-corrected chi connectivity index (χ4v) is 1.71. The quantitative estimate of drug-likeness (QED) is 0.526. The summed E-state index contributed by atoms with van der Waals surface area (Å²) >= 11 is 0. The molecule has 0 unspecified atom stereocenters. The predicted octanol–water partition coefficient (Wildman–Crippen LogP) is -0.210. The number of nitro groups is 2. The number of non-ortho nitro benzene ring substituents is 1. The number of aromatic nitrogens is 2. The highest BCUT2D eigenvalue weighted by Crippen LogP contribution is 2.31. The van der Waals surface area contributed by atoms with Gasteiger partial charge in [0.15, 0.2) is 0 Å². The number of hydrogen-bond donors (Lipinski definition) is 2. The minimum absolute atomic E-state index is 0.425. The smallest absolute Gasteiger partial charge is 0.335 e. The van der Waals surface area contributed by atoms with E-state index in [0.29, 0.717) is 12.1 Å². The van der Waals surface area contributed by atoms with E-state index >= 15 is 0 Å². The Morgan fingerprint density at radius 2 is 1.96 bits per heavy atom. The van der Waals surface area contributed by atoms with Crippen LogP contribution in [0.15, 0.2) is 30.9 Å². The molecule has 0 saturated carbocycles. The summed E-state index contributed by atoms with van der Waals surface area (Å²) in [5.41, 5.74) is 0.803. The largest absolute Gasteiger partial charge is 0.867 e. The Morgan fingerprint density at radius 1 is 1.28 bits per heavy atom. The van der Waals surface area contributed by atoms with Crippen LogP contribution in [0, 0.1) is 20.2 Å². The molecule has 1 aromatic carbocycles. The van der Waals surface area contributed by atoms with E-state index in [9.17, 15) is 30.1 Å². The normalized spacial score (nSPS) is 9.80. The van der Waals surface area contributed by atoms with E-state index < -0.39 is 38.5 Å². The summed E-state index contributed by atoms with van der Waals surface area (Å²) in [6.07, 6.45) is 6.73. The Bertz CT molecular complexity index is 725. The number of benzene rings is 1. The topological polar surface area (TPSA) is 192 Å². The van der Waals surface area contributed by atoms with E-state index in [-0.39, 0.29) is 0 Å². The lowest BCUT2D eigenvalue weighted by molar-refractivity contribution is -0.403. The van der Waals surface area contributed by atoms with Gasteiger partial charge in [0, 0.05) is 31.4 Å². The molecule has 0 bridgehead atoms. The van der Waals surface area contributed by atoms with Gasteiger partial charge in [0.25, 0.3) is 11.4 Å². The lowest BCUT2D eigenvalue weighted by Crippen LogP contribution is -2.50. The standard InChI is InChI=1S/C7H4N2O7.C6H11N3/c10-6-4(7(11)12)1-3(8(13)14)2-5(6)9(15)16;7-2-1-4-9-5-3-8-6-9/h1-2,10H,(H,11,12);3,5-6H,1-2,4,7H2. The summed E-state index contributed by atoms with van der Waals surface area (Å²) in [4.78, 5) is 33.0. The average Bonchev–Trinajstić information content (AvgIpc) is 3.06. The number of nitro benzene ring substituents is 2. The fourth-order valence-electron chi connectivity index (χ4n) is 1.71. The zero-order chi connectivity index (χ0) is 19.0. The van der Waals surface area contributed by atoms with E-state index in [4.69, 9.17) is 5.11 Å². The molecule has 25 heavy (non-hydrogen) atoms. The van der Waals surface area contributed by atoms with Crippen molar-refractivity contribution >= 4 is 17.3 Å². The first-order valence-electron chi connectivity index (χ1n) is 6.90. The van der Waals surface area contributed by atoms with Gasteiger partial charge in [-0.25, -0.2) is 9.78 Å². The van der Waals surface area contributed by atoms with Crippen LogP contribution < -0.4 is 10.8 Å². The maximum absolute atomic E-state index is 11.2. The number of carboxylic acid groups (broad SMARTS) is 1. The van der Waals surface area contributed by atoms with Gasteiger partial charge in [0.05, 0.1) is 34.3 Å². The fraction of sp³-hybridized carbons (Fsp3) is 0.231. The molecule has 0 radical (unpaired) electrons. The second kappa shape index (κ2) is 8.93. The maximum Gasteiger partial charge on any atom is 0.335 e. The van der Waals surface area contributed by atoms with Crippen LogP contribution in [0.5, 0.6) is 5.75 Å². The number of carboxylic acids is 1. The first kappa shape index (κ1) is 19.5. The lowest BCUT2D eigenvalue weighted by Gasteiger charge is -2.09. The third kappa shape index (κ3) is 5.54. The molecule has 0 aliphatic rings. The van der Waals surface area contributed by atoms with Crippen molar-refractivity contribution in [3.63, 3.8) is 0 Å². The van der Waals surface area contributed by atoms with Crippen LogP contribution in [0.25, 0.3) is 0 Å². The second-order valence-electron chi connectivity index (χ2n) is 4.67. The Morgan fingerprint density at radius 3 is 2.40 bits per heavy atom. The summed E-state index contributed by atoms with van der Waals surface area (Å²) in [5.74, 6) is -3.11. The highest BCUT2D eigenvalue weighted by molar-refractivity contribution is 5.93. The molecule has 0 aliphatic carbocycles. The SMILES string of the molecule is O=C(O)c1cc([N+](=O)[O-])cc([N+](=O)[O-])c1[O-].[NH3+]CCCn1ccnc1. The number of quaternary nitrogens is 1. The Hall–Kier alpha value is -3.54. The molecule has 2 aromatic rings. The van der Waals surface area contributed by atoms with Gasteiger partial charge in [0.2, 0.25) is 0 Å². The van der Waals surface area contributed by atoms with E-state index in [1.807, 2.05) is 12.5 Å². The number of hydrogen-bond acceptors (Lipinski definition) is 7. The molecule has 0 amide bonds. The summed E-state index contributed by atoms with van der Waals surface area (Å²) in [7, 11) is 0. The molecule has 1 aromatic heterocycles. The van der Waals surface area contributed by atoms with Crippen molar-refractivity contribution in [1.82, 2.24) is 9.55 Å². The summed E-state index contributed by atoms with van der Waals surface area (Å²) in [6.45, 7) is 2.04. The van der Waals surface area contributed by atoms with Gasteiger partial charge in [-0.2, -0.15) is 0 Å². The molecular formula is C13H15N5O7. The van der Waals surface area contributed by atoms with Crippen LogP contribution in [0.1, 0.15) is 16.8 Å². The zero-order valence-corrected chi connectivity index (χ0v) is 12.9. The average molecular weight is 353 g/mol. The molecule has 134 valence electrons. The van der Waals surface area contributed by atoms with Gasteiger partial charge in [0.1, 0.15) is 0 Å². The number of imidazole rings is 1. The van der Waals surface area contributed by atoms with Crippen LogP contribution in [-0.2, 0) is 6.54 Å². The molecule has 0 atom stereocenters. The highest BCUT2D eigenvalue weighted by Gasteiger charge is 2.21. The third-order valence-electron chi connectivity index (χ3n) is 2.92. The Labute approximate surface area is 140 Å². The van der Waals surface area contributed by atoms with Crippen molar-refractivity contribution in [1.29, 1.82) is 0 Å². The summed E-state index contributed by atoms with van der Waals surface area (Å²) in [5, 5.41) is 40.4. The molecule has 0 spiro atoms. The molecule has 2 rings (SSSR count). The van der Waals surface area contributed by atoms with Crippen molar-refractivity contribution in [3.05, 3.63) is 56.6 Å². The second-order valence-corrected chi connectivity index (χ2v) is 4.67. The minimum atomic E-state index is -1.75. The molecule has 12 heteroatoms. The van der Waals surface area contributed by atoms with E-state index in [2.05, 4.69) is 15.3 Å². The molecular weight excluding hydrogens is 338 g/mol. The van der Waals surface area contributed by atoms with Crippen LogP contribution in [0.3, 0.4) is 0 Å². The Kier molecular flexibility index (Phi) is 6.97. The maximum atomic E-state index is 11.2. The predicted molar refractivity (Wildman–Crippen MR) is 80.8 cm³/mol. The van der Waals surface area contributed by atoms with E-state index in [0.717, 1.165) is 19.5 Å². The molecule has 0 aliphatic heterocycles. The van der Waals surface area contributed by atoms with Crippen molar-refractivity contribution in [2.24, 2.45) is 0 Å². The number of rotatable bonds is 6. The molecule has 12 nitrogen and oxygen atoms in total. The highest BCUT2D eigenvalue weighted by atomic mass is 16.6. The van der Waals surface area contributed by atoms with Crippen LogP contribution in [0.4, 0.5) is 11.4 Å². The van der Waals surface area contributed by atoms with E-state index in [1.165, 1.54) is 0 Å². The monoisotopic (exact) mass is 353 g/mol. The van der Waals surface area contributed by atoms with Gasteiger partial charge in [-0.15, -0.1) is 0 Å². The molecule has 0 fully saturated rings. The lowest BCUT2D eigenvalue weighted by atomic mass is 10.1. The number of aromatic carboxylic acids is 1. The molecule has 1 heterocycles. The van der Waals surface area contributed by atoms with E-state index in [1.54, 1.807) is 6.20 Å². The number of nitrogens with zero attached hydrogens (tertiary/aromatic N) is 4. The number of carbonyl (C=O) groups is 1. The van der Waals surface area contributed by atoms with Crippen LogP contribution in [-0.4, -0.2) is 37.0 Å². The molecule has 4 N–H and O–H groups in total. The van der Waals surface area contributed by atoms with Crippen molar-refractivity contribution < 1.29 is 30.6 Å². The summed E-state index contributed by atoms with van der Waals surface area (Å²) < 4.78 is 2.06. The summed E-state index contributed by atoms with van der Waals surface area (Å²) in [6, 6.07) is 0.909. The van der Waals surface area contributed by atoms with Crippen LogP contribution in [0.2, 0.25) is 0 Å². The minimum Gasteiger partial charge on any atom is -0.867 e. The van der Waals surface area contributed by atoms with Gasteiger partial charge < -0.3 is 20.5 Å². The third-order valence-corrected chi connectivity index (χ3v) is 2.92. The molecule has 0 saturated heterocycles. The van der Waals surface area contributed by atoms with Gasteiger partial charge in [-0.05, 0) is 5.75 Å². The van der Waals surface area contributed by atoms with Crippen LogP contribution >= 0.6 is 0 Å². The van der Waals surface area contributed by atoms with Crippen molar-refractivity contribution in [3.8, 4) is 5.75 Å². The number of aryl methyl sites for hydroxylation is 1. The van der Waals surface area contributed by atoms with Gasteiger partial charge in [-0.1, -0.05) is 0 Å². The Balaban J connectivity index is 0.000000293.